The third-order valence-corrected chi connectivity index (χ3v) is 2.12. The minimum Gasteiger partial charge on any atom is -0.494 e. The number of carbonyl (C=O) groups excluding carboxylic acids is 1. The number of aliphatic hydroxyl groups excluding tert-OH is 1. The van der Waals surface area contributed by atoms with Crippen LogP contribution >= 0.6 is 0 Å². The zero-order valence-electron chi connectivity index (χ0n) is 11.0. The zero-order chi connectivity index (χ0) is 14.3. The minimum absolute atomic E-state index is 0.243. The van der Waals surface area contributed by atoms with Crippen LogP contribution in [0.3, 0.4) is 0 Å². The van der Waals surface area contributed by atoms with Gasteiger partial charge in [-0.05, 0) is 24.5 Å². The molecule has 0 saturated heterocycles. The molecule has 0 aliphatic heterocycles. The Morgan fingerprint density at radius 2 is 2.05 bits per heavy atom. The summed E-state index contributed by atoms with van der Waals surface area (Å²) in [5.41, 5.74) is 0.243. The Kier molecular flexibility index (Phi) is 5.60. The van der Waals surface area contributed by atoms with Gasteiger partial charge in [-0.15, -0.1) is 0 Å². The van der Waals surface area contributed by atoms with Gasteiger partial charge in [0, 0.05) is 11.8 Å². The Bertz CT molecular complexity index is 467. The maximum Gasteiger partial charge on any atom is 0.419 e. The maximum absolute atomic E-state index is 11.4. The van der Waals surface area contributed by atoms with E-state index in [-0.39, 0.29) is 5.71 Å². The van der Waals surface area contributed by atoms with Gasteiger partial charge in [-0.25, -0.2) is 4.79 Å². The summed E-state index contributed by atoms with van der Waals surface area (Å²) in [5.74, 6) is 0.296. The second-order valence-electron chi connectivity index (χ2n) is 4.48. The molecule has 19 heavy (non-hydrogen) atoms. The number of carbonyl (C=O) groups is 1. The molecule has 1 rings (SSSR count). The maximum atomic E-state index is 11.4. The number of ether oxygens (including phenoxy) is 1. The number of rotatable bonds is 5. The summed E-state index contributed by atoms with van der Waals surface area (Å²) in [6.07, 6.45) is 0.934. The highest BCUT2D eigenvalue weighted by Crippen LogP contribution is 2.08. The first-order chi connectivity index (χ1) is 8.97. The normalized spacial score (nSPS) is 11.2. The van der Waals surface area contributed by atoms with Crippen LogP contribution in [0.2, 0.25) is 0 Å². The molecule has 1 amide bonds. The molecule has 0 atom stereocenters. The molecule has 0 spiro atoms. The fraction of sp³-hybridized carbons (Fsp3) is 0.286. The van der Waals surface area contributed by atoms with Gasteiger partial charge in [-0.3, -0.25) is 5.32 Å². The Hall–Kier alpha value is -2.30. The Labute approximate surface area is 112 Å². The summed E-state index contributed by atoms with van der Waals surface area (Å²) in [7, 11) is 0. The molecule has 0 bridgehead atoms. The number of nitrogens with one attached hydrogen (secondary N) is 2. The van der Waals surface area contributed by atoms with Crippen molar-refractivity contribution in [3.63, 3.8) is 0 Å². The molecule has 0 aliphatic rings. The van der Waals surface area contributed by atoms with Crippen LogP contribution in [-0.4, -0.2) is 16.9 Å². The van der Waals surface area contributed by atoms with Crippen LogP contribution in [0.25, 0.3) is 0 Å². The van der Waals surface area contributed by atoms with Gasteiger partial charge in [0.05, 0.1) is 0 Å². The number of hydrogen-bond donors (Lipinski definition) is 3. The van der Waals surface area contributed by atoms with Crippen LogP contribution in [0, 0.1) is 11.3 Å². The van der Waals surface area contributed by atoms with Gasteiger partial charge in [0.15, 0.2) is 5.88 Å². The van der Waals surface area contributed by atoms with Crippen molar-refractivity contribution in [2.24, 2.45) is 5.92 Å². The molecule has 0 heterocycles. The second-order valence-corrected chi connectivity index (χ2v) is 4.48. The summed E-state index contributed by atoms with van der Waals surface area (Å²) < 4.78 is 4.93. The van der Waals surface area contributed by atoms with Crippen molar-refractivity contribution >= 4 is 11.8 Å². The van der Waals surface area contributed by atoms with Crippen molar-refractivity contribution in [3.05, 3.63) is 42.3 Å². The zero-order valence-corrected chi connectivity index (χ0v) is 11.0. The lowest BCUT2D eigenvalue weighted by Crippen LogP contribution is -2.26. The minimum atomic E-state index is -0.794. The monoisotopic (exact) mass is 262 g/mol. The smallest absolute Gasteiger partial charge is 0.419 e. The summed E-state index contributed by atoms with van der Waals surface area (Å²) in [4.78, 5) is 11.4. The van der Waals surface area contributed by atoms with E-state index in [9.17, 15) is 9.90 Å². The predicted molar refractivity (Wildman–Crippen MR) is 73.5 cm³/mol. The molecule has 0 fully saturated rings. The second kappa shape index (κ2) is 7.20. The van der Waals surface area contributed by atoms with Crippen molar-refractivity contribution in [1.82, 2.24) is 5.32 Å². The molecule has 0 saturated carbocycles. The molecule has 5 nitrogen and oxygen atoms in total. The van der Waals surface area contributed by atoms with Crippen molar-refractivity contribution in [2.45, 2.75) is 20.3 Å². The molecule has 5 heteroatoms. The lowest BCUT2D eigenvalue weighted by atomic mass is 10.1. The molecule has 3 N–H and O–H groups in total. The number of para-hydroxylation sites is 1. The molecule has 1 aromatic carbocycles. The first-order valence-corrected chi connectivity index (χ1v) is 5.99. The highest BCUT2D eigenvalue weighted by molar-refractivity contribution is 5.93. The summed E-state index contributed by atoms with van der Waals surface area (Å²) in [5, 5.41) is 19.2. The Balaban J connectivity index is 2.48. The molecular weight excluding hydrogens is 244 g/mol. The third kappa shape index (κ3) is 6.26. The van der Waals surface area contributed by atoms with E-state index in [1.807, 2.05) is 13.8 Å². The van der Waals surface area contributed by atoms with E-state index in [1.165, 1.54) is 6.08 Å². The standard InChI is InChI=1S/C14H18N2O3/c1-10(2)8-11(15)9-13(17)16-14(18)19-12-6-4-3-5-7-12/h3-7,9-10,15,17H,8H2,1-2H3,(H,16,18)/b13-9-,15-11?. The average Bonchev–Trinajstić information content (AvgIpc) is 2.28. The molecule has 1 aromatic rings. The molecule has 0 unspecified atom stereocenters. The van der Waals surface area contributed by atoms with Gasteiger partial charge in [0.1, 0.15) is 5.75 Å². The fourth-order valence-electron chi connectivity index (χ4n) is 1.43. The van der Waals surface area contributed by atoms with Gasteiger partial charge in [-0.2, -0.15) is 0 Å². The predicted octanol–water partition coefficient (Wildman–Crippen LogP) is 3.24. The van der Waals surface area contributed by atoms with E-state index in [0.29, 0.717) is 18.1 Å². The number of allylic oxidation sites excluding steroid dienone is 1. The van der Waals surface area contributed by atoms with Gasteiger partial charge >= 0.3 is 6.09 Å². The fourth-order valence-corrected chi connectivity index (χ4v) is 1.43. The molecule has 0 radical (unpaired) electrons. The topological polar surface area (TPSA) is 82.4 Å². The highest BCUT2D eigenvalue weighted by atomic mass is 16.6. The summed E-state index contributed by atoms with van der Waals surface area (Å²) in [6.45, 7) is 3.94. The lowest BCUT2D eigenvalue weighted by molar-refractivity contribution is 0.196. The van der Waals surface area contributed by atoms with Crippen molar-refractivity contribution in [2.75, 3.05) is 0 Å². The van der Waals surface area contributed by atoms with E-state index in [1.54, 1.807) is 30.3 Å². The SMILES string of the molecule is CC(C)CC(=N)/C=C(\O)NC(=O)Oc1ccccc1. The average molecular weight is 262 g/mol. The Morgan fingerprint density at radius 3 is 2.63 bits per heavy atom. The quantitative estimate of drug-likeness (QED) is 0.562. The van der Waals surface area contributed by atoms with Crippen LogP contribution in [0.5, 0.6) is 5.75 Å². The van der Waals surface area contributed by atoms with Crippen molar-refractivity contribution in [3.8, 4) is 5.75 Å². The van der Waals surface area contributed by atoms with Crippen LogP contribution in [-0.2, 0) is 0 Å². The van der Waals surface area contributed by atoms with E-state index < -0.39 is 12.0 Å². The van der Waals surface area contributed by atoms with Gasteiger partial charge in [0.2, 0.25) is 0 Å². The highest BCUT2D eigenvalue weighted by Gasteiger charge is 2.07. The van der Waals surface area contributed by atoms with Gasteiger partial charge < -0.3 is 15.3 Å². The van der Waals surface area contributed by atoms with Crippen LogP contribution < -0.4 is 10.1 Å². The lowest BCUT2D eigenvalue weighted by Gasteiger charge is -2.06. The van der Waals surface area contributed by atoms with Crippen molar-refractivity contribution < 1.29 is 14.6 Å². The number of hydrogen-bond acceptors (Lipinski definition) is 4. The number of aliphatic hydroxyl groups is 1. The van der Waals surface area contributed by atoms with Crippen molar-refractivity contribution in [1.29, 1.82) is 5.41 Å². The largest absolute Gasteiger partial charge is 0.494 e. The van der Waals surface area contributed by atoms with E-state index in [4.69, 9.17) is 10.1 Å². The van der Waals surface area contributed by atoms with Crippen LogP contribution in [0.15, 0.2) is 42.3 Å². The molecule has 0 aromatic heterocycles. The third-order valence-electron chi connectivity index (χ3n) is 2.12. The number of benzene rings is 1. The number of amides is 1. The molecule has 0 aliphatic carbocycles. The first-order valence-electron chi connectivity index (χ1n) is 5.99. The first kappa shape index (κ1) is 14.8. The van der Waals surface area contributed by atoms with Gasteiger partial charge in [0.25, 0.3) is 0 Å². The molecule has 102 valence electrons. The van der Waals surface area contributed by atoms with Crippen LogP contribution in [0.1, 0.15) is 20.3 Å². The summed E-state index contributed by atoms with van der Waals surface area (Å²) in [6, 6.07) is 8.52. The van der Waals surface area contributed by atoms with E-state index in [0.717, 1.165) is 0 Å². The van der Waals surface area contributed by atoms with E-state index in [2.05, 4.69) is 5.32 Å². The van der Waals surface area contributed by atoms with Crippen LogP contribution in [0.4, 0.5) is 4.79 Å². The van der Waals surface area contributed by atoms with E-state index >= 15 is 0 Å². The summed E-state index contributed by atoms with van der Waals surface area (Å²) >= 11 is 0. The molecular formula is C14H18N2O3. The van der Waals surface area contributed by atoms with Gasteiger partial charge in [-0.1, -0.05) is 32.0 Å². The Morgan fingerprint density at radius 1 is 1.42 bits per heavy atom.